The van der Waals surface area contributed by atoms with Crippen molar-refractivity contribution in [1.82, 2.24) is 10.3 Å². The number of hydrogen-bond donors (Lipinski definition) is 1. The van der Waals surface area contributed by atoms with Crippen LogP contribution in [0.2, 0.25) is 5.15 Å². The van der Waals surface area contributed by atoms with Crippen molar-refractivity contribution in [3.63, 3.8) is 0 Å². The van der Waals surface area contributed by atoms with Crippen molar-refractivity contribution >= 4 is 17.5 Å². The van der Waals surface area contributed by atoms with Crippen LogP contribution in [0.3, 0.4) is 0 Å². The monoisotopic (exact) mass is 212 g/mol. The Bertz CT molecular complexity index is 335. The van der Waals surface area contributed by atoms with Crippen LogP contribution >= 0.6 is 11.6 Å². The molecule has 74 valence electrons. The average Bonchev–Trinajstić information content (AvgIpc) is 2.12. The number of rotatable bonds is 2. The molecule has 0 aromatic carbocycles. The number of carbonyl (C=O) groups is 1. The second kappa shape index (κ2) is 3.94. The van der Waals surface area contributed by atoms with E-state index in [-0.39, 0.29) is 11.9 Å². The lowest BCUT2D eigenvalue weighted by Gasteiger charge is -2.26. The molecule has 1 saturated heterocycles. The molecule has 1 aliphatic heterocycles. The fourth-order valence-electron chi connectivity index (χ4n) is 1.10. The minimum Gasteiger partial charge on any atom is -0.377 e. The molecule has 1 amide bonds. The zero-order valence-electron chi connectivity index (χ0n) is 7.37. The topological polar surface area (TPSA) is 51.2 Å². The Hall–Kier alpha value is -1.13. The van der Waals surface area contributed by atoms with Gasteiger partial charge in [0.1, 0.15) is 5.15 Å². The number of pyridine rings is 1. The van der Waals surface area contributed by atoms with Gasteiger partial charge in [-0.05, 0) is 12.1 Å². The molecule has 1 aromatic heterocycles. The van der Waals surface area contributed by atoms with E-state index in [2.05, 4.69) is 10.3 Å². The van der Waals surface area contributed by atoms with E-state index in [1.807, 2.05) is 0 Å². The van der Waals surface area contributed by atoms with Gasteiger partial charge < -0.3 is 10.1 Å². The van der Waals surface area contributed by atoms with Crippen LogP contribution < -0.4 is 5.32 Å². The van der Waals surface area contributed by atoms with Gasteiger partial charge >= 0.3 is 0 Å². The van der Waals surface area contributed by atoms with Gasteiger partial charge in [0.25, 0.3) is 5.91 Å². The predicted molar refractivity (Wildman–Crippen MR) is 51.3 cm³/mol. The smallest absolute Gasteiger partial charge is 0.253 e. The lowest BCUT2D eigenvalue weighted by molar-refractivity contribution is -0.00346. The van der Waals surface area contributed by atoms with Gasteiger partial charge in [-0.1, -0.05) is 11.6 Å². The first-order valence-electron chi connectivity index (χ1n) is 4.26. The summed E-state index contributed by atoms with van der Waals surface area (Å²) in [6, 6.07) is 3.37. The van der Waals surface area contributed by atoms with Crippen molar-refractivity contribution in [3.8, 4) is 0 Å². The van der Waals surface area contributed by atoms with Gasteiger partial charge in [0.2, 0.25) is 0 Å². The highest BCUT2D eigenvalue weighted by molar-refractivity contribution is 6.29. The maximum absolute atomic E-state index is 11.5. The summed E-state index contributed by atoms with van der Waals surface area (Å²) in [5.74, 6) is -0.137. The lowest BCUT2D eigenvalue weighted by Crippen LogP contribution is -2.48. The molecule has 0 saturated carbocycles. The highest BCUT2D eigenvalue weighted by Crippen LogP contribution is 2.06. The van der Waals surface area contributed by atoms with Crippen molar-refractivity contribution < 1.29 is 9.53 Å². The maximum atomic E-state index is 11.5. The highest BCUT2D eigenvalue weighted by atomic mass is 35.5. The van der Waals surface area contributed by atoms with Crippen LogP contribution in [-0.2, 0) is 4.74 Å². The number of aromatic nitrogens is 1. The summed E-state index contributed by atoms with van der Waals surface area (Å²) in [4.78, 5) is 15.3. The summed E-state index contributed by atoms with van der Waals surface area (Å²) in [5, 5.41) is 3.19. The molecule has 5 heteroatoms. The van der Waals surface area contributed by atoms with E-state index in [0.29, 0.717) is 23.9 Å². The first-order chi connectivity index (χ1) is 6.75. The lowest BCUT2D eigenvalue weighted by atomic mass is 10.2. The molecule has 4 nitrogen and oxygen atoms in total. The molecule has 2 rings (SSSR count). The van der Waals surface area contributed by atoms with Gasteiger partial charge in [0.05, 0.1) is 24.8 Å². The molecule has 0 spiro atoms. The Morgan fingerprint density at radius 2 is 2.36 bits per heavy atom. The summed E-state index contributed by atoms with van der Waals surface area (Å²) in [5.41, 5.74) is 0.515. The molecule has 0 atom stereocenters. The molecule has 0 bridgehead atoms. The third kappa shape index (κ3) is 2.02. The zero-order chi connectivity index (χ0) is 9.97. The molecule has 14 heavy (non-hydrogen) atoms. The minimum atomic E-state index is -0.137. The number of amides is 1. The van der Waals surface area contributed by atoms with Gasteiger partial charge in [-0.15, -0.1) is 0 Å². The average molecular weight is 213 g/mol. The van der Waals surface area contributed by atoms with Crippen LogP contribution in [0.15, 0.2) is 18.3 Å². The van der Waals surface area contributed by atoms with Crippen LogP contribution in [0.1, 0.15) is 10.4 Å². The van der Waals surface area contributed by atoms with Crippen LogP contribution in [0.4, 0.5) is 0 Å². The van der Waals surface area contributed by atoms with Gasteiger partial charge in [-0.3, -0.25) is 4.79 Å². The number of hydrogen-bond acceptors (Lipinski definition) is 3. The molecule has 1 N–H and O–H groups in total. The van der Waals surface area contributed by atoms with Crippen molar-refractivity contribution in [2.24, 2.45) is 0 Å². The standard InChI is InChI=1S/C9H9ClN2O2/c10-8-2-1-6(3-11-8)9(13)12-7-4-14-5-7/h1-3,7H,4-5H2,(H,12,13). The SMILES string of the molecule is O=C(NC1COC1)c1ccc(Cl)nc1. The molecule has 1 fully saturated rings. The second-order valence-corrected chi connectivity index (χ2v) is 3.46. The molecule has 2 heterocycles. The van der Waals surface area contributed by atoms with Gasteiger partial charge in [-0.25, -0.2) is 4.98 Å². The fraction of sp³-hybridized carbons (Fsp3) is 0.333. The third-order valence-electron chi connectivity index (χ3n) is 1.96. The van der Waals surface area contributed by atoms with Crippen molar-refractivity contribution in [1.29, 1.82) is 0 Å². The molecule has 1 aromatic rings. The van der Waals surface area contributed by atoms with E-state index in [1.165, 1.54) is 6.20 Å². The molecule has 0 unspecified atom stereocenters. The molecule has 1 aliphatic rings. The zero-order valence-corrected chi connectivity index (χ0v) is 8.12. The number of carbonyl (C=O) groups excluding carboxylic acids is 1. The Kier molecular flexibility index (Phi) is 2.65. The fourth-order valence-corrected chi connectivity index (χ4v) is 1.21. The quantitative estimate of drug-likeness (QED) is 0.740. The Morgan fingerprint density at radius 1 is 1.57 bits per heavy atom. The molecule has 0 radical (unpaired) electrons. The Balaban J connectivity index is 1.99. The Morgan fingerprint density at radius 3 is 2.86 bits per heavy atom. The number of nitrogens with one attached hydrogen (secondary N) is 1. The van der Waals surface area contributed by atoms with E-state index in [9.17, 15) is 4.79 Å². The van der Waals surface area contributed by atoms with Crippen LogP contribution in [0.5, 0.6) is 0 Å². The summed E-state index contributed by atoms with van der Waals surface area (Å²) in [7, 11) is 0. The second-order valence-electron chi connectivity index (χ2n) is 3.08. The summed E-state index contributed by atoms with van der Waals surface area (Å²) in [6.07, 6.45) is 1.46. The maximum Gasteiger partial charge on any atom is 0.253 e. The van der Waals surface area contributed by atoms with E-state index < -0.39 is 0 Å². The third-order valence-corrected chi connectivity index (χ3v) is 2.19. The molecular weight excluding hydrogens is 204 g/mol. The minimum absolute atomic E-state index is 0.137. The predicted octanol–water partition coefficient (Wildman–Crippen LogP) is 0.864. The molecule has 0 aliphatic carbocycles. The van der Waals surface area contributed by atoms with Crippen LogP contribution in [0, 0.1) is 0 Å². The van der Waals surface area contributed by atoms with E-state index in [1.54, 1.807) is 12.1 Å². The van der Waals surface area contributed by atoms with Crippen molar-refractivity contribution in [3.05, 3.63) is 29.0 Å². The number of ether oxygens (including phenoxy) is 1. The first-order valence-corrected chi connectivity index (χ1v) is 4.63. The van der Waals surface area contributed by atoms with E-state index in [4.69, 9.17) is 16.3 Å². The van der Waals surface area contributed by atoms with Gasteiger partial charge in [0, 0.05) is 6.20 Å². The first kappa shape index (κ1) is 9.43. The van der Waals surface area contributed by atoms with Gasteiger partial charge in [-0.2, -0.15) is 0 Å². The van der Waals surface area contributed by atoms with Crippen LogP contribution in [0.25, 0.3) is 0 Å². The highest BCUT2D eigenvalue weighted by Gasteiger charge is 2.20. The Labute approximate surface area is 86.2 Å². The van der Waals surface area contributed by atoms with E-state index in [0.717, 1.165) is 0 Å². The normalized spacial score (nSPS) is 16.1. The largest absolute Gasteiger partial charge is 0.377 e. The van der Waals surface area contributed by atoms with Crippen LogP contribution in [-0.4, -0.2) is 30.1 Å². The van der Waals surface area contributed by atoms with E-state index >= 15 is 0 Å². The van der Waals surface area contributed by atoms with Gasteiger partial charge in [0.15, 0.2) is 0 Å². The van der Waals surface area contributed by atoms with Crippen molar-refractivity contribution in [2.75, 3.05) is 13.2 Å². The number of nitrogens with zero attached hydrogens (tertiary/aromatic N) is 1. The number of halogens is 1. The summed E-state index contributed by atoms with van der Waals surface area (Å²) >= 11 is 5.60. The summed E-state index contributed by atoms with van der Waals surface area (Å²) in [6.45, 7) is 1.18. The summed E-state index contributed by atoms with van der Waals surface area (Å²) < 4.78 is 4.94. The van der Waals surface area contributed by atoms with Crippen molar-refractivity contribution in [2.45, 2.75) is 6.04 Å². The molecular formula is C9H9ClN2O2.